The first-order valence-electron chi connectivity index (χ1n) is 9.70. The van der Waals surface area contributed by atoms with Crippen LogP contribution in [0.4, 0.5) is 0 Å². The highest BCUT2D eigenvalue weighted by molar-refractivity contribution is 6.46. The Morgan fingerprint density at radius 1 is 1.10 bits per heavy atom. The first kappa shape index (κ1) is 20.5. The quantitative estimate of drug-likeness (QED) is 0.440. The van der Waals surface area contributed by atoms with Crippen LogP contribution in [-0.2, 0) is 9.59 Å². The van der Waals surface area contributed by atoms with Gasteiger partial charge in [-0.25, -0.2) is 0 Å². The Hall–Kier alpha value is -3.28. The summed E-state index contributed by atoms with van der Waals surface area (Å²) >= 11 is 0. The van der Waals surface area contributed by atoms with Crippen molar-refractivity contribution in [1.29, 1.82) is 0 Å². The number of phenols is 1. The van der Waals surface area contributed by atoms with Crippen LogP contribution in [0.1, 0.15) is 43.0 Å². The SMILES string of the molecule is CCCN1C(=O)C(=O)/C(=C(\O)c2ccc(C)cc2)C1c1ccc(O)c(OCC)c1. The van der Waals surface area contributed by atoms with Gasteiger partial charge >= 0.3 is 0 Å². The molecule has 3 rings (SSSR count). The van der Waals surface area contributed by atoms with Gasteiger partial charge in [-0.05, 0) is 38.0 Å². The molecule has 0 aromatic heterocycles. The molecule has 2 aromatic carbocycles. The Bertz CT molecular complexity index is 962. The van der Waals surface area contributed by atoms with Crippen LogP contribution in [0.25, 0.3) is 5.76 Å². The fourth-order valence-electron chi connectivity index (χ4n) is 3.54. The van der Waals surface area contributed by atoms with Gasteiger partial charge in [0, 0.05) is 12.1 Å². The summed E-state index contributed by atoms with van der Waals surface area (Å²) in [5.41, 5.74) is 2.12. The van der Waals surface area contributed by atoms with E-state index < -0.39 is 17.7 Å². The van der Waals surface area contributed by atoms with Gasteiger partial charge in [-0.1, -0.05) is 42.8 Å². The number of Topliss-reactive ketones (excluding diaryl/α,β-unsaturated/α-hetero) is 1. The number of carbonyl (C=O) groups is 2. The fourth-order valence-corrected chi connectivity index (χ4v) is 3.54. The highest BCUT2D eigenvalue weighted by atomic mass is 16.5. The number of likely N-dealkylation sites (tertiary alicyclic amines) is 1. The number of ketones is 1. The van der Waals surface area contributed by atoms with Crippen molar-refractivity contribution in [2.75, 3.05) is 13.2 Å². The lowest BCUT2D eigenvalue weighted by atomic mass is 9.94. The van der Waals surface area contributed by atoms with Gasteiger partial charge in [-0.15, -0.1) is 0 Å². The number of nitrogens with zero attached hydrogens (tertiary/aromatic N) is 1. The van der Waals surface area contributed by atoms with Crippen LogP contribution in [0.3, 0.4) is 0 Å². The van der Waals surface area contributed by atoms with Gasteiger partial charge < -0.3 is 19.8 Å². The predicted octanol–water partition coefficient (Wildman–Crippen LogP) is 3.93. The van der Waals surface area contributed by atoms with Crippen LogP contribution < -0.4 is 4.74 Å². The monoisotopic (exact) mass is 395 g/mol. The zero-order valence-corrected chi connectivity index (χ0v) is 16.8. The number of aliphatic hydroxyl groups is 1. The van der Waals surface area contributed by atoms with E-state index in [4.69, 9.17) is 4.74 Å². The van der Waals surface area contributed by atoms with Gasteiger partial charge in [-0.3, -0.25) is 9.59 Å². The molecule has 1 aliphatic heterocycles. The number of aromatic hydroxyl groups is 1. The van der Waals surface area contributed by atoms with Crippen molar-refractivity contribution in [3.63, 3.8) is 0 Å². The van der Waals surface area contributed by atoms with E-state index in [0.717, 1.165) is 5.56 Å². The molecule has 6 nitrogen and oxygen atoms in total. The number of hydrogen-bond acceptors (Lipinski definition) is 5. The van der Waals surface area contributed by atoms with Crippen molar-refractivity contribution in [3.8, 4) is 11.5 Å². The maximum absolute atomic E-state index is 12.8. The summed E-state index contributed by atoms with van der Waals surface area (Å²) in [5.74, 6) is -1.33. The Kier molecular flexibility index (Phi) is 5.92. The number of rotatable bonds is 6. The number of amides is 1. The number of ether oxygens (including phenoxy) is 1. The minimum absolute atomic E-state index is 0.0263. The molecule has 0 saturated carbocycles. The van der Waals surface area contributed by atoms with Gasteiger partial charge in [0.1, 0.15) is 5.76 Å². The van der Waals surface area contributed by atoms with Gasteiger partial charge in [0.05, 0.1) is 18.2 Å². The Morgan fingerprint density at radius 2 is 1.79 bits per heavy atom. The maximum atomic E-state index is 12.8. The van der Waals surface area contributed by atoms with E-state index in [1.165, 1.54) is 11.0 Å². The van der Waals surface area contributed by atoms with Crippen LogP contribution in [-0.4, -0.2) is 40.0 Å². The third-order valence-corrected chi connectivity index (χ3v) is 4.93. The first-order valence-corrected chi connectivity index (χ1v) is 9.70. The summed E-state index contributed by atoms with van der Waals surface area (Å²) in [6.45, 7) is 6.36. The van der Waals surface area contributed by atoms with Gasteiger partial charge in [0.2, 0.25) is 0 Å². The average Bonchev–Trinajstić information content (AvgIpc) is 2.95. The standard InChI is InChI=1S/C23H25NO5/c1-4-12-24-20(16-10-11-17(25)18(13-16)29-5-2)19(22(27)23(24)28)21(26)15-8-6-14(3)7-9-15/h6-11,13,20,25-26H,4-5,12H2,1-3H3/b21-19-. The lowest BCUT2D eigenvalue weighted by molar-refractivity contribution is -0.139. The van der Waals surface area contributed by atoms with E-state index in [1.54, 1.807) is 31.2 Å². The molecular weight excluding hydrogens is 370 g/mol. The molecule has 0 aliphatic carbocycles. The van der Waals surface area contributed by atoms with Crippen LogP contribution in [0.15, 0.2) is 48.0 Å². The third-order valence-electron chi connectivity index (χ3n) is 4.93. The van der Waals surface area contributed by atoms with E-state index in [-0.39, 0.29) is 22.8 Å². The molecule has 6 heteroatoms. The average molecular weight is 395 g/mol. The van der Waals surface area contributed by atoms with Crippen LogP contribution in [0.2, 0.25) is 0 Å². The number of benzene rings is 2. The molecule has 1 amide bonds. The van der Waals surface area contributed by atoms with Crippen LogP contribution >= 0.6 is 0 Å². The molecule has 29 heavy (non-hydrogen) atoms. The van der Waals surface area contributed by atoms with Crippen molar-refractivity contribution in [1.82, 2.24) is 4.90 Å². The molecule has 1 fully saturated rings. The minimum Gasteiger partial charge on any atom is -0.507 e. The number of phenolic OH excluding ortho intramolecular Hbond substituents is 1. The lowest BCUT2D eigenvalue weighted by Gasteiger charge is -2.25. The molecule has 1 aliphatic rings. The highest BCUT2D eigenvalue weighted by Gasteiger charge is 2.45. The number of aliphatic hydroxyl groups excluding tert-OH is 1. The number of hydrogen-bond donors (Lipinski definition) is 2. The summed E-state index contributed by atoms with van der Waals surface area (Å²) in [5, 5.41) is 21.0. The first-order chi connectivity index (χ1) is 13.9. The summed E-state index contributed by atoms with van der Waals surface area (Å²) < 4.78 is 5.46. The summed E-state index contributed by atoms with van der Waals surface area (Å²) in [6, 6.07) is 11.1. The topological polar surface area (TPSA) is 87.1 Å². The summed E-state index contributed by atoms with van der Waals surface area (Å²) in [6.07, 6.45) is 0.657. The van der Waals surface area contributed by atoms with Crippen molar-refractivity contribution in [3.05, 3.63) is 64.7 Å². The molecule has 2 aromatic rings. The van der Waals surface area contributed by atoms with Crippen molar-refractivity contribution >= 4 is 17.4 Å². The second kappa shape index (κ2) is 8.39. The van der Waals surface area contributed by atoms with Crippen molar-refractivity contribution < 1.29 is 24.5 Å². The van der Waals surface area contributed by atoms with E-state index in [2.05, 4.69) is 0 Å². The predicted molar refractivity (Wildman–Crippen MR) is 110 cm³/mol. The summed E-state index contributed by atoms with van der Waals surface area (Å²) in [4.78, 5) is 27.0. The molecule has 1 saturated heterocycles. The van der Waals surface area contributed by atoms with Crippen LogP contribution in [0.5, 0.6) is 11.5 Å². The molecule has 1 heterocycles. The largest absolute Gasteiger partial charge is 0.507 e. The van der Waals surface area contributed by atoms with Crippen molar-refractivity contribution in [2.45, 2.75) is 33.2 Å². The van der Waals surface area contributed by atoms with Gasteiger partial charge in [-0.2, -0.15) is 0 Å². The molecule has 0 bridgehead atoms. The Balaban J connectivity index is 2.19. The molecule has 1 atom stereocenters. The van der Waals surface area contributed by atoms with E-state index in [9.17, 15) is 19.8 Å². The second-order valence-electron chi connectivity index (χ2n) is 7.02. The molecule has 1 unspecified atom stereocenters. The second-order valence-corrected chi connectivity index (χ2v) is 7.02. The highest BCUT2D eigenvalue weighted by Crippen LogP contribution is 2.41. The van der Waals surface area contributed by atoms with Crippen LogP contribution in [0, 0.1) is 6.92 Å². The van der Waals surface area contributed by atoms with E-state index in [1.807, 2.05) is 26.0 Å². The smallest absolute Gasteiger partial charge is 0.295 e. The minimum atomic E-state index is -0.754. The van der Waals surface area contributed by atoms with Gasteiger partial charge in [0.25, 0.3) is 11.7 Å². The normalized spacial score (nSPS) is 18.3. The number of carbonyl (C=O) groups excluding carboxylic acids is 2. The van der Waals surface area contributed by atoms with E-state index in [0.29, 0.717) is 30.7 Å². The van der Waals surface area contributed by atoms with Crippen molar-refractivity contribution in [2.24, 2.45) is 0 Å². The Morgan fingerprint density at radius 3 is 2.41 bits per heavy atom. The number of aryl methyl sites for hydroxylation is 1. The van der Waals surface area contributed by atoms with E-state index >= 15 is 0 Å². The molecule has 0 radical (unpaired) electrons. The fraction of sp³-hybridized carbons (Fsp3) is 0.304. The zero-order chi connectivity index (χ0) is 21.1. The maximum Gasteiger partial charge on any atom is 0.295 e. The Labute approximate surface area is 170 Å². The third kappa shape index (κ3) is 3.83. The molecular formula is C23H25NO5. The molecule has 2 N–H and O–H groups in total. The summed E-state index contributed by atoms with van der Waals surface area (Å²) in [7, 11) is 0. The zero-order valence-electron chi connectivity index (χ0n) is 16.8. The lowest BCUT2D eigenvalue weighted by Crippen LogP contribution is -2.30. The van der Waals surface area contributed by atoms with Gasteiger partial charge in [0.15, 0.2) is 11.5 Å². The molecule has 0 spiro atoms. The molecule has 152 valence electrons.